The lowest BCUT2D eigenvalue weighted by molar-refractivity contribution is -0.136. The Morgan fingerprint density at radius 3 is 1.92 bits per heavy atom. The summed E-state index contributed by atoms with van der Waals surface area (Å²) in [5.41, 5.74) is 6.95. The summed E-state index contributed by atoms with van der Waals surface area (Å²) in [5.74, 6) is -2.03. The van der Waals surface area contributed by atoms with Crippen molar-refractivity contribution in [3.05, 3.63) is 119 Å². The third-order valence-electron chi connectivity index (χ3n) is 13.1. The highest BCUT2D eigenvalue weighted by atomic mass is 19.1. The Labute approximate surface area is 342 Å². The molecule has 5 fully saturated rings. The maximum atomic E-state index is 15.8. The molecule has 6 aliphatic heterocycles. The number of phenols is 2. The predicted octanol–water partition coefficient (Wildman–Crippen LogP) is 6.58. The van der Waals surface area contributed by atoms with Crippen molar-refractivity contribution in [2.75, 3.05) is 42.5 Å². The topological polar surface area (TPSA) is 134 Å². The number of nitrogens with one attached hydrogen (secondary N) is 1. The van der Waals surface area contributed by atoms with E-state index < -0.39 is 35.5 Å². The summed E-state index contributed by atoms with van der Waals surface area (Å²) in [4.78, 5) is 58.9. The number of carbonyl (C=O) groups excluding carboxylic acids is 4. The number of hydrogen-bond donors (Lipinski definition) is 3. The van der Waals surface area contributed by atoms with Gasteiger partial charge in [-0.05, 0) is 121 Å². The third-order valence-corrected chi connectivity index (χ3v) is 13.1. The molecule has 3 atom stereocenters. The number of halogens is 1. The van der Waals surface area contributed by atoms with Crippen LogP contribution in [0.1, 0.15) is 89.3 Å². The first-order valence-electron chi connectivity index (χ1n) is 20.8. The summed E-state index contributed by atoms with van der Waals surface area (Å²) in [7, 11) is 0. The molecule has 0 aliphatic carbocycles. The van der Waals surface area contributed by atoms with Crippen LogP contribution in [-0.4, -0.2) is 94.5 Å². The van der Waals surface area contributed by atoms with Crippen molar-refractivity contribution in [1.82, 2.24) is 15.1 Å². The first kappa shape index (κ1) is 38.5. The molecular formula is C47H48FN5O6. The first-order chi connectivity index (χ1) is 28.6. The third kappa shape index (κ3) is 7.24. The number of nitrogens with zero attached hydrogens (tertiary/aromatic N) is 4. The Morgan fingerprint density at radius 1 is 0.729 bits per heavy atom. The monoisotopic (exact) mass is 797 g/mol. The van der Waals surface area contributed by atoms with Gasteiger partial charge in [0, 0.05) is 56.9 Å². The number of piperidine rings is 4. The van der Waals surface area contributed by atoms with Crippen molar-refractivity contribution in [2.24, 2.45) is 5.92 Å². The minimum atomic E-state index is -1.09. The fourth-order valence-corrected chi connectivity index (χ4v) is 10.0. The first-order valence-corrected chi connectivity index (χ1v) is 20.8. The molecule has 2 bridgehead atoms. The molecule has 4 aromatic carbocycles. The number of imide groups is 2. The maximum Gasteiger partial charge on any atom is 0.262 e. The van der Waals surface area contributed by atoms with Gasteiger partial charge in [-0.3, -0.25) is 34.3 Å². The average Bonchev–Trinajstić information content (AvgIpc) is 3.48. The average molecular weight is 798 g/mol. The number of hydrogen-bond acceptors (Lipinski definition) is 9. The molecule has 6 aliphatic rings. The molecule has 0 radical (unpaired) electrons. The number of amides is 4. The lowest BCUT2D eigenvalue weighted by Crippen LogP contribution is -2.63. The van der Waals surface area contributed by atoms with Crippen LogP contribution < -0.4 is 15.1 Å². The van der Waals surface area contributed by atoms with Crippen molar-refractivity contribution in [1.29, 1.82) is 0 Å². The molecule has 304 valence electrons. The van der Waals surface area contributed by atoms with Crippen LogP contribution in [0.3, 0.4) is 0 Å². The number of piperazine rings is 1. The second-order valence-corrected chi connectivity index (χ2v) is 16.6. The summed E-state index contributed by atoms with van der Waals surface area (Å²) < 4.78 is 15.8. The second kappa shape index (κ2) is 15.6. The summed E-state index contributed by atoms with van der Waals surface area (Å²) in [6.45, 7) is 6.47. The molecule has 6 heterocycles. The van der Waals surface area contributed by atoms with Crippen LogP contribution >= 0.6 is 0 Å². The molecule has 0 spiro atoms. The number of aromatic hydroxyl groups is 2. The van der Waals surface area contributed by atoms with Crippen LogP contribution in [-0.2, 0) is 9.59 Å². The zero-order valence-corrected chi connectivity index (χ0v) is 33.1. The van der Waals surface area contributed by atoms with Crippen LogP contribution in [0.2, 0.25) is 0 Å². The molecule has 3 N–H and O–H groups in total. The van der Waals surface area contributed by atoms with Gasteiger partial charge in [-0.15, -0.1) is 0 Å². The van der Waals surface area contributed by atoms with E-state index in [1.54, 1.807) is 24.3 Å². The number of fused-ring (bicyclic) bond motifs is 4. The molecule has 5 saturated heterocycles. The summed E-state index contributed by atoms with van der Waals surface area (Å²) in [5, 5.41) is 22.2. The van der Waals surface area contributed by atoms with E-state index in [0.717, 1.165) is 97.1 Å². The number of benzene rings is 4. The fourth-order valence-electron chi connectivity index (χ4n) is 10.0. The van der Waals surface area contributed by atoms with Crippen LogP contribution in [0, 0.1) is 11.7 Å². The van der Waals surface area contributed by atoms with E-state index in [9.17, 15) is 29.4 Å². The molecular weight excluding hydrogens is 750 g/mol. The van der Waals surface area contributed by atoms with Gasteiger partial charge >= 0.3 is 0 Å². The molecule has 4 amide bonds. The minimum absolute atomic E-state index is 0.0244. The number of anilines is 2. The van der Waals surface area contributed by atoms with Crippen molar-refractivity contribution in [2.45, 2.75) is 70.0 Å². The predicted molar refractivity (Wildman–Crippen MR) is 223 cm³/mol. The van der Waals surface area contributed by atoms with E-state index >= 15 is 4.39 Å². The fraction of sp³-hybridized carbons (Fsp3) is 0.362. The summed E-state index contributed by atoms with van der Waals surface area (Å²) in [6.07, 6.45) is 4.93. The van der Waals surface area contributed by atoms with Gasteiger partial charge < -0.3 is 20.0 Å². The quantitative estimate of drug-likeness (QED) is 0.127. The SMILES string of the molecule is CCC(=C(c1ccc(O)cc1)c1ccc(N2CCC(CN3CC4CCC3CN4c3cc4c(cc3F)C(=O)N(C3CCC(=O)NC3=O)C4=O)CC2)cc1)c1ccc(O)cc1. The van der Waals surface area contributed by atoms with E-state index in [-0.39, 0.29) is 47.6 Å². The zero-order chi connectivity index (χ0) is 40.9. The summed E-state index contributed by atoms with van der Waals surface area (Å²) >= 11 is 0. The Bertz CT molecular complexity index is 2340. The number of rotatable bonds is 9. The molecule has 0 saturated carbocycles. The lowest BCUT2D eigenvalue weighted by atomic mass is 9.87. The lowest BCUT2D eigenvalue weighted by Gasteiger charge is -2.53. The van der Waals surface area contributed by atoms with Gasteiger partial charge in [0.2, 0.25) is 11.8 Å². The minimum Gasteiger partial charge on any atom is -0.508 e. The van der Waals surface area contributed by atoms with Crippen LogP contribution in [0.4, 0.5) is 15.8 Å². The van der Waals surface area contributed by atoms with Gasteiger partial charge in [-0.1, -0.05) is 43.3 Å². The zero-order valence-electron chi connectivity index (χ0n) is 33.1. The smallest absolute Gasteiger partial charge is 0.262 e. The second-order valence-electron chi connectivity index (χ2n) is 16.6. The number of phenolic OH excluding ortho intramolecular Hbond substituents is 2. The molecule has 12 heteroatoms. The highest BCUT2D eigenvalue weighted by Crippen LogP contribution is 2.40. The van der Waals surface area contributed by atoms with Crippen molar-refractivity contribution < 1.29 is 33.8 Å². The maximum absolute atomic E-state index is 15.8. The van der Waals surface area contributed by atoms with Crippen LogP contribution in [0.15, 0.2) is 84.9 Å². The van der Waals surface area contributed by atoms with Crippen molar-refractivity contribution in [3.8, 4) is 11.5 Å². The Hall–Kier alpha value is -6.01. The van der Waals surface area contributed by atoms with Crippen LogP contribution in [0.5, 0.6) is 11.5 Å². The normalized spacial score (nSPS) is 22.8. The summed E-state index contributed by atoms with van der Waals surface area (Å²) in [6, 6.07) is 25.3. The standard InChI is InChI=1S/C47H48FN5O6/c1-2-37(29-5-13-35(54)14-6-29)44(31-7-15-36(55)16-8-31)30-3-9-32(10-4-30)50-21-19-28(20-22-50)25-51-26-34-12-11-33(51)27-52(34)42-24-39-38(23-40(42)48)46(58)53(47(39)59)41-17-18-43(56)49-45(41)57/h3-10,13-16,23-24,28,33-34,41,54-55H,2,11-12,17-22,25-27H2,1H3,(H,49,56,57). The van der Waals surface area contributed by atoms with Crippen LogP contribution in [0.25, 0.3) is 11.1 Å². The largest absolute Gasteiger partial charge is 0.508 e. The van der Waals surface area contributed by atoms with Crippen molar-refractivity contribution >= 4 is 46.1 Å². The Kier molecular flexibility index (Phi) is 10.2. The van der Waals surface area contributed by atoms with Gasteiger partial charge in [-0.25, -0.2) is 4.39 Å². The molecule has 0 aromatic heterocycles. The van der Waals surface area contributed by atoms with Gasteiger partial charge in [-0.2, -0.15) is 0 Å². The van der Waals surface area contributed by atoms with Gasteiger partial charge in [0.05, 0.1) is 16.8 Å². The van der Waals surface area contributed by atoms with E-state index in [2.05, 4.69) is 51.2 Å². The molecule has 11 nitrogen and oxygen atoms in total. The molecule has 4 aromatic rings. The highest BCUT2D eigenvalue weighted by molar-refractivity contribution is 6.23. The van der Waals surface area contributed by atoms with Gasteiger partial charge in [0.1, 0.15) is 23.4 Å². The van der Waals surface area contributed by atoms with E-state index in [0.29, 0.717) is 18.2 Å². The van der Waals surface area contributed by atoms with Gasteiger partial charge in [0.25, 0.3) is 11.8 Å². The van der Waals surface area contributed by atoms with Crippen molar-refractivity contribution in [3.63, 3.8) is 0 Å². The highest BCUT2D eigenvalue weighted by Gasteiger charge is 2.47. The van der Waals surface area contributed by atoms with E-state index in [4.69, 9.17) is 0 Å². The molecule has 3 unspecified atom stereocenters. The van der Waals surface area contributed by atoms with Gasteiger partial charge in [0.15, 0.2) is 0 Å². The molecule has 59 heavy (non-hydrogen) atoms. The molecule has 10 rings (SSSR count). The Balaban J connectivity index is 0.842. The Morgan fingerprint density at radius 2 is 1.32 bits per heavy atom. The van der Waals surface area contributed by atoms with E-state index in [1.807, 2.05) is 24.3 Å². The number of allylic oxidation sites excluding steroid dienone is 1. The number of carbonyl (C=O) groups is 4. The van der Waals surface area contributed by atoms with E-state index in [1.165, 1.54) is 11.8 Å².